The quantitative estimate of drug-likeness (QED) is 0.894. The lowest BCUT2D eigenvalue weighted by Gasteiger charge is -2.04. The molecular formula is C16H21FN2S. The second-order valence-electron chi connectivity index (χ2n) is 5.50. The highest BCUT2D eigenvalue weighted by atomic mass is 32.1. The molecule has 0 fully saturated rings. The Kier molecular flexibility index (Phi) is 4.89. The van der Waals surface area contributed by atoms with E-state index in [2.05, 4.69) is 24.1 Å². The molecule has 0 aliphatic heterocycles. The molecule has 1 aromatic heterocycles. The molecule has 4 heteroatoms. The third kappa shape index (κ3) is 3.44. The summed E-state index contributed by atoms with van der Waals surface area (Å²) in [6.45, 7) is 7.03. The normalized spacial score (nSPS) is 11.3. The molecule has 108 valence electrons. The van der Waals surface area contributed by atoms with Crippen molar-refractivity contribution in [3.63, 3.8) is 0 Å². The van der Waals surface area contributed by atoms with Crippen LogP contribution in [0.1, 0.15) is 30.0 Å². The van der Waals surface area contributed by atoms with Gasteiger partial charge in [-0.05, 0) is 44.0 Å². The number of aryl methyl sites for hydroxylation is 1. The fourth-order valence-electron chi connectivity index (χ4n) is 2.14. The van der Waals surface area contributed by atoms with Crippen LogP contribution in [0.2, 0.25) is 0 Å². The summed E-state index contributed by atoms with van der Waals surface area (Å²) in [6, 6.07) is 5.32. The number of thiazole rings is 1. The Labute approximate surface area is 124 Å². The Morgan fingerprint density at radius 1 is 1.35 bits per heavy atom. The van der Waals surface area contributed by atoms with E-state index in [0.29, 0.717) is 11.5 Å². The van der Waals surface area contributed by atoms with E-state index in [1.807, 2.05) is 26.1 Å². The molecule has 0 spiro atoms. The van der Waals surface area contributed by atoms with Gasteiger partial charge in [0.15, 0.2) is 0 Å². The highest BCUT2D eigenvalue weighted by Gasteiger charge is 2.15. The summed E-state index contributed by atoms with van der Waals surface area (Å²) < 4.78 is 14.1. The summed E-state index contributed by atoms with van der Waals surface area (Å²) in [4.78, 5) is 5.87. The maximum absolute atomic E-state index is 14.1. The van der Waals surface area contributed by atoms with E-state index in [1.54, 1.807) is 17.4 Å². The van der Waals surface area contributed by atoms with E-state index in [9.17, 15) is 4.39 Å². The Hall–Kier alpha value is -1.26. The van der Waals surface area contributed by atoms with Crippen molar-refractivity contribution < 1.29 is 4.39 Å². The lowest BCUT2D eigenvalue weighted by molar-refractivity contribution is 0.626. The number of benzene rings is 1. The SMILES string of the molecule is CNCc1sc(-c2ccc(C)cc2F)nc1CC(C)C. The van der Waals surface area contributed by atoms with Crippen LogP contribution in [0.5, 0.6) is 0 Å². The van der Waals surface area contributed by atoms with Crippen LogP contribution in [0.25, 0.3) is 10.6 Å². The van der Waals surface area contributed by atoms with Gasteiger partial charge in [0.05, 0.1) is 5.69 Å². The van der Waals surface area contributed by atoms with Gasteiger partial charge in [0, 0.05) is 17.0 Å². The summed E-state index contributed by atoms with van der Waals surface area (Å²) in [7, 11) is 1.92. The highest BCUT2D eigenvalue weighted by molar-refractivity contribution is 7.15. The third-order valence-corrected chi connectivity index (χ3v) is 4.20. The maximum Gasteiger partial charge on any atom is 0.133 e. The van der Waals surface area contributed by atoms with Gasteiger partial charge < -0.3 is 5.32 Å². The lowest BCUT2D eigenvalue weighted by Crippen LogP contribution is -2.07. The molecule has 1 N–H and O–H groups in total. The van der Waals surface area contributed by atoms with Crippen molar-refractivity contribution in [1.29, 1.82) is 0 Å². The molecule has 0 aliphatic carbocycles. The van der Waals surface area contributed by atoms with Crippen molar-refractivity contribution in [2.75, 3.05) is 7.05 Å². The molecule has 2 rings (SSSR count). The predicted octanol–water partition coefficient (Wildman–Crippen LogP) is 4.18. The average molecular weight is 292 g/mol. The molecule has 20 heavy (non-hydrogen) atoms. The monoisotopic (exact) mass is 292 g/mol. The van der Waals surface area contributed by atoms with Gasteiger partial charge in [0.2, 0.25) is 0 Å². The van der Waals surface area contributed by atoms with Crippen LogP contribution in [-0.2, 0) is 13.0 Å². The summed E-state index contributed by atoms with van der Waals surface area (Å²) in [5.74, 6) is 0.356. The Morgan fingerprint density at radius 3 is 2.70 bits per heavy atom. The van der Waals surface area contributed by atoms with Gasteiger partial charge in [-0.15, -0.1) is 11.3 Å². The molecule has 0 bridgehead atoms. The number of nitrogens with zero attached hydrogens (tertiary/aromatic N) is 1. The van der Waals surface area contributed by atoms with Crippen molar-refractivity contribution in [2.24, 2.45) is 5.92 Å². The molecule has 0 aliphatic rings. The molecule has 1 aromatic carbocycles. The van der Waals surface area contributed by atoms with Crippen LogP contribution in [0.3, 0.4) is 0 Å². The van der Waals surface area contributed by atoms with Crippen molar-refractivity contribution in [1.82, 2.24) is 10.3 Å². The van der Waals surface area contributed by atoms with E-state index in [0.717, 1.165) is 29.2 Å². The molecule has 1 heterocycles. The Balaban J connectivity index is 2.41. The van der Waals surface area contributed by atoms with Gasteiger partial charge in [0.1, 0.15) is 10.8 Å². The fourth-order valence-corrected chi connectivity index (χ4v) is 3.27. The number of rotatable bonds is 5. The molecule has 0 saturated carbocycles. The van der Waals surface area contributed by atoms with Crippen LogP contribution in [0.4, 0.5) is 4.39 Å². The van der Waals surface area contributed by atoms with Crippen molar-refractivity contribution in [3.05, 3.63) is 40.2 Å². The predicted molar refractivity (Wildman–Crippen MR) is 83.6 cm³/mol. The van der Waals surface area contributed by atoms with Crippen molar-refractivity contribution >= 4 is 11.3 Å². The van der Waals surface area contributed by atoms with E-state index in [4.69, 9.17) is 0 Å². The van der Waals surface area contributed by atoms with E-state index >= 15 is 0 Å². The second-order valence-corrected chi connectivity index (χ2v) is 6.58. The molecular weight excluding hydrogens is 271 g/mol. The summed E-state index contributed by atoms with van der Waals surface area (Å²) in [5.41, 5.74) is 2.63. The first-order valence-electron chi connectivity index (χ1n) is 6.91. The topological polar surface area (TPSA) is 24.9 Å². The molecule has 0 amide bonds. The molecule has 2 nitrogen and oxygen atoms in total. The minimum atomic E-state index is -0.189. The van der Waals surface area contributed by atoms with Crippen molar-refractivity contribution in [2.45, 2.75) is 33.7 Å². The van der Waals surface area contributed by atoms with E-state index in [-0.39, 0.29) is 5.82 Å². The van der Waals surface area contributed by atoms with Crippen LogP contribution < -0.4 is 5.32 Å². The molecule has 0 saturated heterocycles. The standard InChI is InChI=1S/C16H21FN2S/c1-10(2)7-14-15(9-18-4)20-16(19-14)12-6-5-11(3)8-13(12)17/h5-6,8,10,18H,7,9H2,1-4H3. The van der Waals surface area contributed by atoms with E-state index < -0.39 is 0 Å². The zero-order valence-electron chi connectivity index (χ0n) is 12.5. The molecule has 2 aromatic rings. The fraction of sp³-hybridized carbons (Fsp3) is 0.438. The van der Waals surface area contributed by atoms with E-state index in [1.165, 1.54) is 4.88 Å². The number of hydrogen-bond donors (Lipinski definition) is 1. The molecule has 0 unspecified atom stereocenters. The van der Waals surface area contributed by atoms with Gasteiger partial charge in [-0.1, -0.05) is 19.9 Å². The van der Waals surface area contributed by atoms with Crippen LogP contribution >= 0.6 is 11.3 Å². The summed E-state index contributed by atoms with van der Waals surface area (Å²) in [6.07, 6.45) is 0.932. The van der Waals surface area contributed by atoms with Gasteiger partial charge in [-0.2, -0.15) is 0 Å². The number of aromatic nitrogens is 1. The van der Waals surface area contributed by atoms with Crippen LogP contribution in [-0.4, -0.2) is 12.0 Å². The maximum atomic E-state index is 14.1. The van der Waals surface area contributed by atoms with Crippen molar-refractivity contribution in [3.8, 4) is 10.6 Å². The Morgan fingerprint density at radius 2 is 2.10 bits per heavy atom. The first-order chi connectivity index (χ1) is 9.51. The van der Waals surface area contributed by atoms with Gasteiger partial charge in [-0.25, -0.2) is 9.37 Å². The number of halogens is 1. The first kappa shape index (κ1) is 15.1. The Bertz CT molecular complexity index is 590. The first-order valence-corrected chi connectivity index (χ1v) is 7.72. The summed E-state index contributed by atoms with van der Waals surface area (Å²) >= 11 is 1.59. The zero-order chi connectivity index (χ0) is 14.7. The van der Waals surface area contributed by atoms with Crippen LogP contribution in [0, 0.1) is 18.7 Å². The minimum absolute atomic E-state index is 0.189. The summed E-state index contributed by atoms with van der Waals surface area (Å²) in [5, 5.41) is 3.94. The van der Waals surface area contributed by atoms with Gasteiger partial charge >= 0.3 is 0 Å². The average Bonchev–Trinajstić information content (AvgIpc) is 2.72. The zero-order valence-corrected chi connectivity index (χ0v) is 13.3. The minimum Gasteiger partial charge on any atom is -0.315 e. The van der Waals surface area contributed by atoms with Crippen LogP contribution in [0.15, 0.2) is 18.2 Å². The lowest BCUT2D eigenvalue weighted by atomic mass is 10.1. The largest absolute Gasteiger partial charge is 0.315 e. The second kappa shape index (κ2) is 6.46. The highest BCUT2D eigenvalue weighted by Crippen LogP contribution is 2.31. The smallest absolute Gasteiger partial charge is 0.133 e. The van der Waals surface area contributed by atoms with Gasteiger partial charge in [-0.3, -0.25) is 0 Å². The molecule has 0 atom stereocenters. The number of hydrogen-bond acceptors (Lipinski definition) is 3. The number of nitrogens with one attached hydrogen (secondary N) is 1. The van der Waals surface area contributed by atoms with Gasteiger partial charge in [0.25, 0.3) is 0 Å². The molecule has 0 radical (unpaired) electrons. The third-order valence-electron chi connectivity index (χ3n) is 3.07.